The number of carbonyl (C=O) groups excluding carboxylic acids is 1. The van der Waals surface area contributed by atoms with Crippen LogP contribution >= 0.6 is 0 Å². The van der Waals surface area contributed by atoms with E-state index in [2.05, 4.69) is 5.32 Å². The van der Waals surface area contributed by atoms with Crippen LogP contribution in [0.4, 0.5) is 4.39 Å². The Labute approximate surface area is 102 Å². The van der Waals surface area contributed by atoms with Crippen molar-refractivity contribution in [1.29, 1.82) is 0 Å². The van der Waals surface area contributed by atoms with E-state index in [1.807, 2.05) is 19.9 Å². The second kappa shape index (κ2) is 6.35. The third-order valence-corrected chi connectivity index (χ3v) is 2.81. The largest absolute Gasteiger partial charge is 0.345 e. The Kier molecular flexibility index (Phi) is 5.10. The first-order valence-corrected chi connectivity index (χ1v) is 5.77. The molecule has 1 aromatic carbocycles. The number of hydrogen-bond acceptors (Lipinski definition) is 2. The Morgan fingerprint density at radius 2 is 2.24 bits per heavy atom. The Morgan fingerprint density at radius 1 is 1.53 bits per heavy atom. The molecule has 1 N–H and O–H groups in total. The molecule has 0 aliphatic carbocycles. The van der Waals surface area contributed by atoms with Crippen LogP contribution in [0.5, 0.6) is 0 Å². The van der Waals surface area contributed by atoms with E-state index in [1.54, 1.807) is 18.0 Å². The molecule has 0 heterocycles. The molecular weight excluding hydrogens is 219 g/mol. The van der Waals surface area contributed by atoms with Crippen molar-refractivity contribution in [2.45, 2.75) is 19.9 Å². The number of halogens is 1. The average molecular weight is 238 g/mol. The van der Waals surface area contributed by atoms with Gasteiger partial charge in [0.1, 0.15) is 5.82 Å². The zero-order chi connectivity index (χ0) is 12.8. The van der Waals surface area contributed by atoms with Crippen LogP contribution in [0, 0.1) is 5.82 Å². The molecule has 1 rings (SSSR count). The number of hydrogen-bond donors (Lipinski definition) is 1. The van der Waals surface area contributed by atoms with Crippen molar-refractivity contribution in [3.8, 4) is 0 Å². The fourth-order valence-electron chi connectivity index (χ4n) is 1.45. The molecule has 0 spiro atoms. The van der Waals surface area contributed by atoms with Crippen LogP contribution in [-0.4, -0.2) is 30.9 Å². The summed E-state index contributed by atoms with van der Waals surface area (Å²) in [5.74, 6) is -0.219. The molecule has 0 aromatic heterocycles. The Morgan fingerprint density at radius 3 is 2.82 bits per heavy atom. The Bertz CT molecular complexity index is 381. The number of rotatable bonds is 5. The van der Waals surface area contributed by atoms with Gasteiger partial charge in [-0.1, -0.05) is 12.1 Å². The molecule has 0 saturated heterocycles. The average Bonchev–Trinajstić information content (AvgIpc) is 2.34. The van der Waals surface area contributed by atoms with Crippen molar-refractivity contribution in [2.75, 3.05) is 20.1 Å². The van der Waals surface area contributed by atoms with Crippen LogP contribution in [0.25, 0.3) is 0 Å². The number of nitrogens with zero attached hydrogens (tertiary/aromatic N) is 1. The maximum Gasteiger partial charge on any atom is 0.236 e. The van der Waals surface area contributed by atoms with Crippen LogP contribution in [0.1, 0.15) is 25.5 Å². The molecule has 1 amide bonds. The number of nitrogens with one attached hydrogen (secondary N) is 1. The third kappa shape index (κ3) is 4.15. The maximum absolute atomic E-state index is 13.0. The summed E-state index contributed by atoms with van der Waals surface area (Å²) in [6, 6.07) is 6.36. The highest BCUT2D eigenvalue weighted by Gasteiger charge is 2.10. The van der Waals surface area contributed by atoms with E-state index in [1.165, 1.54) is 12.1 Å². The molecule has 0 aliphatic heterocycles. The molecule has 1 aromatic rings. The zero-order valence-corrected chi connectivity index (χ0v) is 10.5. The van der Waals surface area contributed by atoms with Gasteiger partial charge >= 0.3 is 0 Å². The summed E-state index contributed by atoms with van der Waals surface area (Å²) in [6.45, 7) is 4.79. The highest BCUT2D eigenvalue weighted by atomic mass is 19.1. The molecule has 1 atom stereocenters. The second-order valence-corrected chi connectivity index (χ2v) is 4.07. The topological polar surface area (TPSA) is 32.3 Å². The first kappa shape index (κ1) is 13.6. The van der Waals surface area contributed by atoms with Gasteiger partial charge in [-0.15, -0.1) is 0 Å². The van der Waals surface area contributed by atoms with Crippen LogP contribution in [-0.2, 0) is 4.79 Å². The minimum Gasteiger partial charge on any atom is -0.345 e. The van der Waals surface area contributed by atoms with Gasteiger partial charge in [-0.05, 0) is 31.5 Å². The lowest BCUT2D eigenvalue weighted by atomic mass is 10.1. The summed E-state index contributed by atoms with van der Waals surface area (Å²) in [6.07, 6.45) is 0. The van der Waals surface area contributed by atoms with Gasteiger partial charge in [0.05, 0.1) is 6.54 Å². The molecule has 0 radical (unpaired) electrons. The lowest BCUT2D eigenvalue weighted by molar-refractivity contribution is -0.128. The van der Waals surface area contributed by atoms with Crippen LogP contribution < -0.4 is 5.32 Å². The molecule has 0 aliphatic rings. The monoisotopic (exact) mass is 238 g/mol. The highest BCUT2D eigenvalue weighted by molar-refractivity contribution is 5.77. The lowest BCUT2D eigenvalue weighted by Crippen LogP contribution is -2.36. The van der Waals surface area contributed by atoms with Gasteiger partial charge in [0, 0.05) is 19.6 Å². The van der Waals surface area contributed by atoms with Gasteiger partial charge in [0.2, 0.25) is 5.91 Å². The SMILES string of the molecule is CCN(C)C(=O)CN[C@@H](C)c1cccc(F)c1. The van der Waals surface area contributed by atoms with Crippen molar-refractivity contribution in [1.82, 2.24) is 10.2 Å². The van der Waals surface area contributed by atoms with Gasteiger partial charge in [-0.25, -0.2) is 4.39 Å². The first-order chi connectivity index (χ1) is 8.04. The van der Waals surface area contributed by atoms with Gasteiger partial charge in [-0.2, -0.15) is 0 Å². The molecule has 0 bridgehead atoms. The smallest absolute Gasteiger partial charge is 0.236 e. The van der Waals surface area contributed by atoms with Crippen LogP contribution in [0.2, 0.25) is 0 Å². The zero-order valence-electron chi connectivity index (χ0n) is 10.5. The molecule has 3 nitrogen and oxygen atoms in total. The number of likely N-dealkylation sites (N-methyl/N-ethyl adjacent to an activating group) is 1. The summed E-state index contributed by atoms with van der Waals surface area (Å²) >= 11 is 0. The van der Waals surface area contributed by atoms with Crippen molar-refractivity contribution in [3.63, 3.8) is 0 Å². The van der Waals surface area contributed by atoms with E-state index in [0.717, 1.165) is 5.56 Å². The Balaban J connectivity index is 2.50. The maximum atomic E-state index is 13.0. The predicted molar refractivity (Wildman–Crippen MR) is 66.1 cm³/mol. The summed E-state index contributed by atoms with van der Waals surface area (Å²) in [4.78, 5) is 13.2. The van der Waals surface area contributed by atoms with Crippen molar-refractivity contribution >= 4 is 5.91 Å². The second-order valence-electron chi connectivity index (χ2n) is 4.07. The molecular formula is C13H19FN2O. The van der Waals surface area contributed by atoms with Crippen molar-refractivity contribution in [2.24, 2.45) is 0 Å². The lowest BCUT2D eigenvalue weighted by Gasteiger charge is -2.18. The van der Waals surface area contributed by atoms with Gasteiger partial charge in [0.15, 0.2) is 0 Å². The minimum atomic E-state index is -0.256. The minimum absolute atomic E-state index is 0.0377. The molecule has 17 heavy (non-hydrogen) atoms. The number of amides is 1. The van der Waals surface area contributed by atoms with Gasteiger partial charge < -0.3 is 10.2 Å². The van der Waals surface area contributed by atoms with Crippen LogP contribution in [0.15, 0.2) is 24.3 Å². The van der Waals surface area contributed by atoms with E-state index < -0.39 is 0 Å². The number of carbonyl (C=O) groups is 1. The fraction of sp³-hybridized carbons (Fsp3) is 0.462. The van der Waals surface area contributed by atoms with Gasteiger partial charge in [-0.3, -0.25) is 4.79 Å². The summed E-state index contributed by atoms with van der Waals surface area (Å²) in [7, 11) is 1.76. The van der Waals surface area contributed by atoms with E-state index in [9.17, 15) is 9.18 Å². The predicted octanol–water partition coefficient (Wildman–Crippen LogP) is 1.95. The van der Waals surface area contributed by atoms with E-state index in [4.69, 9.17) is 0 Å². The van der Waals surface area contributed by atoms with Crippen molar-refractivity contribution < 1.29 is 9.18 Å². The van der Waals surface area contributed by atoms with E-state index in [0.29, 0.717) is 6.54 Å². The molecule has 94 valence electrons. The first-order valence-electron chi connectivity index (χ1n) is 5.77. The normalized spacial score (nSPS) is 12.2. The molecule has 0 unspecified atom stereocenters. The number of benzene rings is 1. The van der Waals surface area contributed by atoms with Crippen molar-refractivity contribution in [3.05, 3.63) is 35.6 Å². The van der Waals surface area contributed by atoms with E-state index >= 15 is 0 Å². The molecule has 0 saturated carbocycles. The standard InChI is InChI=1S/C13H19FN2O/c1-4-16(3)13(17)9-15-10(2)11-6-5-7-12(14)8-11/h5-8,10,15H,4,9H2,1-3H3/t10-/m0/s1. The van der Waals surface area contributed by atoms with Crippen LogP contribution in [0.3, 0.4) is 0 Å². The quantitative estimate of drug-likeness (QED) is 0.850. The highest BCUT2D eigenvalue weighted by Crippen LogP contribution is 2.12. The molecule has 0 fully saturated rings. The summed E-state index contributed by atoms with van der Waals surface area (Å²) < 4.78 is 13.0. The fourth-order valence-corrected chi connectivity index (χ4v) is 1.45. The van der Waals surface area contributed by atoms with Gasteiger partial charge in [0.25, 0.3) is 0 Å². The third-order valence-electron chi connectivity index (χ3n) is 2.81. The summed E-state index contributed by atoms with van der Waals surface area (Å²) in [5.41, 5.74) is 0.844. The Hall–Kier alpha value is -1.42. The van der Waals surface area contributed by atoms with E-state index in [-0.39, 0.29) is 24.3 Å². The summed E-state index contributed by atoms with van der Waals surface area (Å²) in [5, 5.41) is 3.08. The molecule has 4 heteroatoms.